The molecule has 1 aromatic rings. The SMILES string of the molecule is O=C(Cl)N(OCc1ccccc1)C1CCCNC1. The molecule has 2 rings (SSSR count). The number of hydrogen-bond donors (Lipinski definition) is 1. The first-order chi connectivity index (χ1) is 8.77. The van der Waals surface area contributed by atoms with Gasteiger partial charge in [-0.05, 0) is 36.6 Å². The smallest absolute Gasteiger partial charge is 0.315 e. The number of nitrogens with zero attached hydrogens (tertiary/aromatic N) is 1. The lowest BCUT2D eigenvalue weighted by molar-refractivity contribution is -0.150. The van der Waals surface area contributed by atoms with E-state index in [1.807, 2.05) is 30.3 Å². The molecular formula is C13H17ClN2O2. The van der Waals surface area contributed by atoms with Gasteiger partial charge in [0, 0.05) is 6.54 Å². The predicted molar refractivity (Wildman–Crippen MR) is 70.2 cm³/mol. The first-order valence-corrected chi connectivity index (χ1v) is 6.51. The Kier molecular flexibility index (Phi) is 4.99. The highest BCUT2D eigenvalue weighted by atomic mass is 35.5. The average Bonchev–Trinajstić information content (AvgIpc) is 2.41. The maximum atomic E-state index is 11.4. The van der Waals surface area contributed by atoms with Gasteiger partial charge < -0.3 is 5.32 Å². The second kappa shape index (κ2) is 6.73. The lowest BCUT2D eigenvalue weighted by atomic mass is 10.1. The van der Waals surface area contributed by atoms with Gasteiger partial charge in [0.05, 0.1) is 6.04 Å². The van der Waals surface area contributed by atoms with Crippen LogP contribution in [0.3, 0.4) is 0 Å². The number of hydroxylamine groups is 2. The van der Waals surface area contributed by atoms with Crippen molar-refractivity contribution in [3.63, 3.8) is 0 Å². The molecule has 18 heavy (non-hydrogen) atoms. The van der Waals surface area contributed by atoms with Gasteiger partial charge in [0.2, 0.25) is 0 Å². The van der Waals surface area contributed by atoms with Crippen molar-refractivity contribution in [2.75, 3.05) is 13.1 Å². The van der Waals surface area contributed by atoms with E-state index in [4.69, 9.17) is 16.4 Å². The van der Waals surface area contributed by atoms with E-state index >= 15 is 0 Å². The van der Waals surface area contributed by atoms with Crippen LogP contribution in [0.15, 0.2) is 30.3 Å². The number of amides is 1. The van der Waals surface area contributed by atoms with Crippen LogP contribution >= 0.6 is 11.6 Å². The molecule has 0 bridgehead atoms. The maximum absolute atomic E-state index is 11.4. The topological polar surface area (TPSA) is 41.6 Å². The normalized spacial score (nSPS) is 19.5. The van der Waals surface area contributed by atoms with Crippen molar-refractivity contribution in [3.8, 4) is 0 Å². The van der Waals surface area contributed by atoms with E-state index in [1.54, 1.807) is 0 Å². The highest BCUT2D eigenvalue weighted by Gasteiger charge is 2.25. The van der Waals surface area contributed by atoms with E-state index in [1.165, 1.54) is 5.06 Å². The van der Waals surface area contributed by atoms with Crippen molar-refractivity contribution in [2.45, 2.75) is 25.5 Å². The minimum Gasteiger partial charge on any atom is -0.315 e. The van der Waals surface area contributed by atoms with Crippen molar-refractivity contribution in [1.29, 1.82) is 0 Å². The van der Waals surface area contributed by atoms with Gasteiger partial charge in [0.1, 0.15) is 6.61 Å². The number of rotatable bonds is 4. The Balaban J connectivity index is 1.92. The van der Waals surface area contributed by atoms with Gasteiger partial charge in [-0.15, -0.1) is 0 Å². The quantitative estimate of drug-likeness (QED) is 0.518. The molecule has 0 radical (unpaired) electrons. The minimum atomic E-state index is -0.556. The Hall–Kier alpha value is -1.10. The molecule has 1 amide bonds. The van der Waals surface area contributed by atoms with Crippen molar-refractivity contribution >= 4 is 17.0 Å². The van der Waals surface area contributed by atoms with Crippen LogP contribution in [0, 0.1) is 0 Å². The highest BCUT2D eigenvalue weighted by Crippen LogP contribution is 2.15. The van der Waals surface area contributed by atoms with Crippen LogP contribution in [0.25, 0.3) is 0 Å². The van der Waals surface area contributed by atoms with E-state index in [0.29, 0.717) is 6.61 Å². The lowest BCUT2D eigenvalue weighted by Gasteiger charge is -2.31. The fourth-order valence-electron chi connectivity index (χ4n) is 2.05. The zero-order chi connectivity index (χ0) is 12.8. The molecule has 1 heterocycles. The summed E-state index contributed by atoms with van der Waals surface area (Å²) in [6.07, 6.45) is 1.94. The third-order valence-corrected chi connectivity index (χ3v) is 3.16. The van der Waals surface area contributed by atoms with Gasteiger partial charge >= 0.3 is 5.37 Å². The predicted octanol–water partition coefficient (Wildman–Crippen LogP) is 2.53. The number of nitrogens with one attached hydrogen (secondary N) is 1. The largest absolute Gasteiger partial charge is 0.340 e. The van der Waals surface area contributed by atoms with E-state index < -0.39 is 5.37 Å². The Morgan fingerprint density at radius 3 is 2.83 bits per heavy atom. The number of hydrogen-bond acceptors (Lipinski definition) is 3. The molecule has 98 valence electrons. The lowest BCUT2D eigenvalue weighted by Crippen LogP contribution is -2.46. The highest BCUT2D eigenvalue weighted by molar-refractivity contribution is 6.62. The fourth-order valence-corrected chi connectivity index (χ4v) is 2.24. The van der Waals surface area contributed by atoms with Gasteiger partial charge in [-0.2, -0.15) is 0 Å². The molecule has 0 spiro atoms. The Morgan fingerprint density at radius 2 is 2.22 bits per heavy atom. The summed E-state index contributed by atoms with van der Waals surface area (Å²) in [6, 6.07) is 9.75. The van der Waals surface area contributed by atoms with Gasteiger partial charge in [0.25, 0.3) is 0 Å². The van der Waals surface area contributed by atoms with Crippen LogP contribution in [0.5, 0.6) is 0 Å². The number of benzene rings is 1. The summed E-state index contributed by atoms with van der Waals surface area (Å²) in [6.45, 7) is 2.07. The zero-order valence-electron chi connectivity index (χ0n) is 10.1. The van der Waals surface area contributed by atoms with E-state index in [0.717, 1.165) is 31.5 Å². The Labute approximate surface area is 112 Å². The summed E-state index contributed by atoms with van der Waals surface area (Å²) < 4.78 is 0. The molecule has 0 aliphatic carbocycles. The van der Waals surface area contributed by atoms with Crippen LogP contribution in [0.4, 0.5) is 4.79 Å². The third-order valence-electron chi connectivity index (χ3n) is 2.99. The molecule has 1 aliphatic heterocycles. The van der Waals surface area contributed by atoms with Crippen LogP contribution in [0.1, 0.15) is 18.4 Å². The van der Waals surface area contributed by atoms with Crippen molar-refractivity contribution < 1.29 is 9.63 Å². The molecule has 1 fully saturated rings. The van der Waals surface area contributed by atoms with Crippen LogP contribution in [0.2, 0.25) is 0 Å². The molecule has 1 aliphatic rings. The standard InChI is InChI=1S/C13H17ClN2O2/c14-13(17)16(12-7-4-8-15-9-12)18-10-11-5-2-1-3-6-11/h1-3,5-6,12,15H,4,7-10H2. The molecule has 4 nitrogen and oxygen atoms in total. The van der Waals surface area contributed by atoms with Crippen molar-refractivity contribution in [2.24, 2.45) is 0 Å². The van der Waals surface area contributed by atoms with Crippen LogP contribution in [-0.2, 0) is 11.4 Å². The summed E-state index contributed by atoms with van der Waals surface area (Å²) in [5.41, 5.74) is 1.02. The molecule has 0 saturated carbocycles. The monoisotopic (exact) mass is 268 g/mol. The molecular weight excluding hydrogens is 252 g/mol. The summed E-state index contributed by atoms with van der Waals surface area (Å²) in [5, 5.41) is 3.97. The third kappa shape index (κ3) is 3.70. The van der Waals surface area contributed by atoms with Gasteiger partial charge in [0.15, 0.2) is 0 Å². The van der Waals surface area contributed by atoms with Crippen LogP contribution < -0.4 is 5.32 Å². The molecule has 1 N–H and O–H groups in total. The Bertz CT molecular complexity index is 380. The first-order valence-electron chi connectivity index (χ1n) is 6.13. The van der Waals surface area contributed by atoms with Crippen molar-refractivity contribution in [3.05, 3.63) is 35.9 Å². The molecule has 5 heteroatoms. The summed E-state index contributed by atoms with van der Waals surface area (Å²) in [7, 11) is 0. The van der Waals surface area contributed by atoms with Gasteiger partial charge in [-0.3, -0.25) is 9.63 Å². The molecule has 1 atom stereocenters. The number of carbonyl (C=O) groups excluding carboxylic acids is 1. The Morgan fingerprint density at radius 1 is 1.44 bits per heavy atom. The molecule has 1 aromatic carbocycles. The van der Waals surface area contributed by atoms with Crippen LogP contribution in [-0.4, -0.2) is 29.6 Å². The molecule has 1 saturated heterocycles. The zero-order valence-corrected chi connectivity index (χ0v) is 10.9. The first kappa shape index (κ1) is 13.3. The van der Waals surface area contributed by atoms with E-state index in [-0.39, 0.29) is 6.04 Å². The maximum Gasteiger partial charge on any atom is 0.340 e. The second-order valence-electron chi connectivity index (χ2n) is 4.34. The van der Waals surface area contributed by atoms with E-state index in [9.17, 15) is 4.79 Å². The minimum absolute atomic E-state index is 0.0208. The second-order valence-corrected chi connectivity index (χ2v) is 4.66. The summed E-state index contributed by atoms with van der Waals surface area (Å²) in [4.78, 5) is 16.9. The van der Waals surface area contributed by atoms with E-state index in [2.05, 4.69) is 5.32 Å². The average molecular weight is 269 g/mol. The number of carbonyl (C=O) groups is 1. The number of halogens is 1. The van der Waals surface area contributed by atoms with Crippen molar-refractivity contribution in [1.82, 2.24) is 10.4 Å². The van der Waals surface area contributed by atoms with Gasteiger partial charge in [-0.1, -0.05) is 30.3 Å². The molecule has 0 aromatic heterocycles. The fraction of sp³-hybridized carbons (Fsp3) is 0.462. The summed E-state index contributed by atoms with van der Waals surface area (Å²) >= 11 is 5.58. The molecule has 1 unspecified atom stereocenters. The number of piperidine rings is 1. The van der Waals surface area contributed by atoms with Gasteiger partial charge in [-0.25, -0.2) is 5.06 Å². The summed E-state index contributed by atoms with van der Waals surface area (Å²) in [5.74, 6) is 0.